The average Bonchev–Trinajstić information content (AvgIpc) is 3.67. The molecule has 0 amide bonds. The van der Waals surface area contributed by atoms with E-state index in [9.17, 15) is 57.9 Å². The van der Waals surface area contributed by atoms with Gasteiger partial charge in [0.1, 0.15) is 5.60 Å². The summed E-state index contributed by atoms with van der Waals surface area (Å²) in [6, 6.07) is 0. The Kier molecular flexibility index (Phi) is 11.7. The van der Waals surface area contributed by atoms with Crippen molar-refractivity contribution in [2.75, 3.05) is 7.11 Å². The number of halogens is 11. The van der Waals surface area contributed by atoms with Crippen LogP contribution in [0.15, 0.2) is 0 Å². The Morgan fingerprint density at radius 3 is 1.47 bits per heavy atom. The summed E-state index contributed by atoms with van der Waals surface area (Å²) in [6.07, 6.45) is -22.4. The van der Waals surface area contributed by atoms with Crippen LogP contribution in [0.4, 0.5) is 53.1 Å². The van der Waals surface area contributed by atoms with Gasteiger partial charge in [0.2, 0.25) is 0 Å². The molecular formula is C32H45F11O6. The monoisotopic (exact) mass is 734 g/mol. The smallest absolute Gasteiger partial charge is 0.429 e. The van der Waals surface area contributed by atoms with E-state index in [-0.39, 0.29) is 47.8 Å². The van der Waals surface area contributed by atoms with Crippen LogP contribution in [0, 0.1) is 59.2 Å². The number of methoxy groups -OCH3 is 1. The van der Waals surface area contributed by atoms with Crippen molar-refractivity contribution in [2.24, 2.45) is 59.2 Å². The van der Waals surface area contributed by atoms with Gasteiger partial charge in [-0.2, -0.15) is 39.5 Å². The second-order valence-electron chi connectivity index (χ2n) is 15.3. The number of esters is 1. The van der Waals surface area contributed by atoms with Gasteiger partial charge < -0.3 is 18.9 Å². The summed E-state index contributed by atoms with van der Waals surface area (Å²) >= 11 is 0. The maximum Gasteiger partial charge on any atom is 0.510 e. The standard InChI is InChI=1S/C18H26F6O3.C14H19F5O3/c1-9-10(2)13-7-11(9)6-12(13)8-16(17(19,20)21,18(22,23)24)27-14(25)26-15(3,4)5;1-6-7(2)9-4-8(6)5-10(9)11(20)22-13(21-3,12(15)16)14(17,18)19/h9-13H,6-8H2,1-5H3;6-10,12H,4-5H2,1-3H3. The number of hydrogen-bond acceptors (Lipinski definition) is 6. The third-order valence-electron chi connectivity index (χ3n) is 11.6. The van der Waals surface area contributed by atoms with E-state index in [1.165, 1.54) is 20.8 Å². The Balaban J connectivity index is 0.000000271. The quantitative estimate of drug-likeness (QED) is 0.147. The molecule has 4 bridgehead atoms. The Hall–Kier alpha value is -2.07. The van der Waals surface area contributed by atoms with E-state index >= 15 is 0 Å². The van der Waals surface area contributed by atoms with E-state index in [1.807, 2.05) is 27.7 Å². The molecule has 0 aromatic heterocycles. The molecule has 0 spiro atoms. The molecule has 4 aliphatic rings. The first kappa shape index (κ1) is 41.4. The summed E-state index contributed by atoms with van der Waals surface area (Å²) in [5.41, 5.74) is -5.85. The minimum atomic E-state index is -5.81. The Morgan fingerprint density at radius 1 is 0.653 bits per heavy atom. The number of hydrogen-bond donors (Lipinski definition) is 0. The van der Waals surface area contributed by atoms with E-state index in [1.54, 1.807) is 0 Å². The molecular weight excluding hydrogens is 689 g/mol. The molecule has 0 aromatic rings. The molecule has 0 heterocycles. The molecule has 0 N–H and O–H groups in total. The topological polar surface area (TPSA) is 71.1 Å². The summed E-state index contributed by atoms with van der Waals surface area (Å²) in [5, 5.41) is 0. The molecule has 4 fully saturated rings. The van der Waals surface area contributed by atoms with Gasteiger partial charge in [0.15, 0.2) is 0 Å². The second-order valence-corrected chi connectivity index (χ2v) is 15.3. The second kappa shape index (κ2) is 13.8. The molecule has 17 heteroatoms. The van der Waals surface area contributed by atoms with Crippen LogP contribution in [0.25, 0.3) is 0 Å². The predicted molar refractivity (Wildman–Crippen MR) is 151 cm³/mol. The van der Waals surface area contributed by atoms with E-state index in [4.69, 9.17) is 0 Å². The van der Waals surface area contributed by atoms with Crippen molar-refractivity contribution < 1.29 is 76.8 Å². The lowest BCUT2D eigenvalue weighted by Gasteiger charge is -2.41. The fourth-order valence-corrected chi connectivity index (χ4v) is 8.57. The van der Waals surface area contributed by atoms with Crippen LogP contribution >= 0.6 is 0 Å². The van der Waals surface area contributed by atoms with Gasteiger partial charge in [0, 0.05) is 13.5 Å². The highest BCUT2D eigenvalue weighted by molar-refractivity contribution is 5.74. The third kappa shape index (κ3) is 7.90. The molecule has 6 nitrogen and oxygen atoms in total. The number of rotatable bonds is 7. The summed E-state index contributed by atoms with van der Waals surface area (Å²) in [4.78, 5) is 23.9. The van der Waals surface area contributed by atoms with Crippen LogP contribution in [0.3, 0.4) is 0 Å². The zero-order valence-electron chi connectivity index (χ0n) is 28.5. The van der Waals surface area contributed by atoms with Gasteiger partial charge in [-0.05, 0) is 99.7 Å². The van der Waals surface area contributed by atoms with Gasteiger partial charge in [0.25, 0.3) is 0 Å². The molecule has 0 saturated heterocycles. The molecule has 49 heavy (non-hydrogen) atoms. The summed E-state index contributed by atoms with van der Waals surface area (Å²) in [7, 11) is 0.457. The fourth-order valence-electron chi connectivity index (χ4n) is 8.57. The third-order valence-corrected chi connectivity index (χ3v) is 11.6. The van der Waals surface area contributed by atoms with Crippen molar-refractivity contribution in [1.82, 2.24) is 0 Å². The van der Waals surface area contributed by atoms with E-state index in [2.05, 4.69) is 18.9 Å². The van der Waals surface area contributed by atoms with Gasteiger partial charge in [0.05, 0.1) is 5.92 Å². The summed E-state index contributed by atoms with van der Waals surface area (Å²) in [6.45, 7) is 11.8. The number of carbonyl (C=O) groups is 2. The van der Waals surface area contributed by atoms with E-state index in [0.29, 0.717) is 25.9 Å². The molecule has 4 aliphatic carbocycles. The lowest BCUT2D eigenvalue weighted by atomic mass is 9.71. The van der Waals surface area contributed by atoms with E-state index in [0.717, 1.165) is 6.42 Å². The van der Waals surface area contributed by atoms with Crippen LogP contribution in [0.2, 0.25) is 0 Å². The van der Waals surface area contributed by atoms with Gasteiger partial charge >= 0.3 is 48.5 Å². The average molecular weight is 735 g/mol. The SMILES string of the molecule is CC1C2CC(CC(OC(=O)OC(C)(C)C)(C(F)(F)F)C(F)(F)F)C(C2)C1C.COC(OC(=O)C1CC2CC1C(C)C2C)(C(F)F)C(F)(F)F. The maximum atomic E-state index is 13.7. The first-order valence-electron chi connectivity index (χ1n) is 16.2. The molecule has 0 radical (unpaired) electrons. The van der Waals surface area contributed by atoms with Crippen LogP contribution < -0.4 is 0 Å². The van der Waals surface area contributed by atoms with Crippen LogP contribution in [0.1, 0.15) is 80.6 Å². The minimum Gasteiger partial charge on any atom is -0.429 e. The Morgan fingerprint density at radius 2 is 1.12 bits per heavy atom. The normalized spacial score (nSPS) is 34.4. The Labute approximate surface area is 278 Å². The molecule has 4 rings (SSSR count). The van der Waals surface area contributed by atoms with Crippen LogP contribution in [0.5, 0.6) is 0 Å². The number of ether oxygens (including phenoxy) is 4. The predicted octanol–water partition coefficient (Wildman–Crippen LogP) is 9.75. The number of alkyl halides is 11. The van der Waals surface area contributed by atoms with Gasteiger partial charge in [-0.25, -0.2) is 13.6 Å². The van der Waals surface area contributed by atoms with Gasteiger partial charge in [-0.3, -0.25) is 4.79 Å². The lowest BCUT2D eigenvalue weighted by Crippen LogP contribution is -2.61. The molecule has 11 unspecified atom stereocenters. The molecule has 0 aromatic carbocycles. The molecule has 286 valence electrons. The first-order chi connectivity index (χ1) is 22.0. The summed E-state index contributed by atoms with van der Waals surface area (Å²) in [5.74, 6) is -6.21. The minimum absolute atomic E-state index is 0.0365. The maximum absolute atomic E-state index is 13.7. The van der Waals surface area contributed by atoms with Crippen molar-refractivity contribution >= 4 is 12.1 Å². The number of carbonyl (C=O) groups excluding carboxylic acids is 2. The highest BCUT2D eigenvalue weighted by Crippen LogP contribution is 2.60. The van der Waals surface area contributed by atoms with Crippen LogP contribution in [-0.4, -0.2) is 61.2 Å². The highest BCUT2D eigenvalue weighted by Gasteiger charge is 2.76. The molecule has 11 atom stereocenters. The zero-order chi connectivity index (χ0) is 37.9. The largest absolute Gasteiger partial charge is 0.510 e. The molecule has 4 saturated carbocycles. The highest BCUT2D eigenvalue weighted by atomic mass is 19.4. The van der Waals surface area contributed by atoms with Gasteiger partial charge in [-0.1, -0.05) is 27.7 Å². The first-order valence-corrected chi connectivity index (χ1v) is 16.2. The van der Waals surface area contributed by atoms with Crippen molar-refractivity contribution in [3.05, 3.63) is 0 Å². The fraction of sp³-hybridized carbons (Fsp3) is 0.938. The molecule has 0 aliphatic heterocycles. The lowest BCUT2D eigenvalue weighted by molar-refractivity contribution is -0.395. The van der Waals surface area contributed by atoms with Crippen molar-refractivity contribution in [2.45, 2.75) is 123 Å². The number of fused-ring (bicyclic) bond motifs is 4. The Bertz CT molecular complexity index is 1160. The van der Waals surface area contributed by atoms with Crippen molar-refractivity contribution in [3.8, 4) is 0 Å². The van der Waals surface area contributed by atoms with Crippen molar-refractivity contribution in [3.63, 3.8) is 0 Å². The van der Waals surface area contributed by atoms with Crippen molar-refractivity contribution in [1.29, 1.82) is 0 Å². The van der Waals surface area contributed by atoms with Gasteiger partial charge in [-0.15, -0.1) is 0 Å². The van der Waals surface area contributed by atoms with E-state index < -0.39 is 72.3 Å². The summed E-state index contributed by atoms with van der Waals surface area (Å²) < 4.78 is 163. The zero-order valence-corrected chi connectivity index (χ0v) is 28.5. The van der Waals surface area contributed by atoms with Crippen LogP contribution in [-0.2, 0) is 23.7 Å².